The van der Waals surface area contributed by atoms with Crippen LogP contribution in [0.15, 0.2) is 29.2 Å². The average molecular weight is 400 g/mol. The van der Waals surface area contributed by atoms with Crippen LogP contribution in [0.2, 0.25) is 0 Å². The molecule has 1 fully saturated rings. The maximum atomic E-state index is 13.0. The summed E-state index contributed by atoms with van der Waals surface area (Å²) in [7, 11) is -3.72. The number of ether oxygens (including phenoxy) is 1. The standard InChI is InChI=1S/C18H25FN2O5S/c1-3-13(2)20-17(22)12-26-18(23)14-8-10-21(11-9-14)27(24,25)16-6-4-15(19)5-7-16/h4-7,13-14H,3,8-12H2,1-2H3,(H,20,22)/t13-/m0/s1. The minimum absolute atomic E-state index is 0.0103. The average Bonchev–Trinajstić information content (AvgIpc) is 2.66. The molecule has 1 aromatic carbocycles. The molecule has 1 aromatic rings. The van der Waals surface area contributed by atoms with E-state index in [1.807, 2.05) is 13.8 Å². The molecule has 0 saturated carbocycles. The van der Waals surface area contributed by atoms with E-state index in [4.69, 9.17) is 4.74 Å². The number of piperidine rings is 1. The van der Waals surface area contributed by atoms with E-state index in [2.05, 4.69) is 5.32 Å². The molecule has 0 spiro atoms. The first-order valence-corrected chi connectivity index (χ1v) is 10.4. The number of amides is 1. The number of sulfonamides is 1. The number of nitrogens with zero attached hydrogens (tertiary/aromatic N) is 1. The number of nitrogens with one attached hydrogen (secondary N) is 1. The lowest BCUT2D eigenvalue weighted by Crippen LogP contribution is -2.41. The van der Waals surface area contributed by atoms with E-state index in [0.29, 0.717) is 12.8 Å². The Morgan fingerprint density at radius 2 is 1.85 bits per heavy atom. The highest BCUT2D eigenvalue weighted by Gasteiger charge is 2.33. The van der Waals surface area contributed by atoms with E-state index in [-0.39, 0.29) is 36.5 Å². The predicted octanol–water partition coefficient (Wildman–Crippen LogP) is 1.68. The van der Waals surface area contributed by atoms with Crippen LogP contribution in [0, 0.1) is 11.7 Å². The lowest BCUT2D eigenvalue weighted by atomic mass is 9.98. The smallest absolute Gasteiger partial charge is 0.309 e. The summed E-state index contributed by atoms with van der Waals surface area (Å²) < 4.78 is 44.4. The summed E-state index contributed by atoms with van der Waals surface area (Å²) in [6.45, 7) is 3.79. The first-order chi connectivity index (χ1) is 12.7. The lowest BCUT2D eigenvalue weighted by molar-refractivity contribution is -0.153. The third-order valence-electron chi connectivity index (χ3n) is 4.60. The molecule has 1 atom stereocenters. The Bertz CT molecular complexity index is 758. The summed E-state index contributed by atoms with van der Waals surface area (Å²) in [6.07, 6.45) is 1.40. The van der Waals surface area contributed by atoms with Crippen LogP contribution in [-0.4, -0.2) is 50.3 Å². The van der Waals surface area contributed by atoms with Gasteiger partial charge in [-0.1, -0.05) is 6.92 Å². The van der Waals surface area contributed by atoms with Gasteiger partial charge in [-0.3, -0.25) is 9.59 Å². The number of hydrogen-bond acceptors (Lipinski definition) is 5. The van der Waals surface area contributed by atoms with Gasteiger partial charge >= 0.3 is 5.97 Å². The van der Waals surface area contributed by atoms with Crippen LogP contribution in [0.5, 0.6) is 0 Å². The van der Waals surface area contributed by atoms with Crippen molar-refractivity contribution < 1.29 is 27.1 Å². The Kier molecular flexibility index (Phi) is 7.32. The third kappa shape index (κ3) is 5.74. The highest BCUT2D eigenvalue weighted by molar-refractivity contribution is 7.89. The molecule has 0 aliphatic carbocycles. The highest BCUT2D eigenvalue weighted by Crippen LogP contribution is 2.24. The normalized spacial score (nSPS) is 17.3. The SMILES string of the molecule is CC[C@H](C)NC(=O)COC(=O)C1CCN(S(=O)(=O)c2ccc(F)cc2)CC1. The highest BCUT2D eigenvalue weighted by atomic mass is 32.2. The summed E-state index contributed by atoms with van der Waals surface area (Å²) in [5.41, 5.74) is 0. The van der Waals surface area contributed by atoms with E-state index < -0.39 is 27.7 Å². The molecular weight excluding hydrogens is 375 g/mol. The molecule has 1 amide bonds. The van der Waals surface area contributed by atoms with Gasteiger partial charge < -0.3 is 10.1 Å². The van der Waals surface area contributed by atoms with Gasteiger partial charge in [0.2, 0.25) is 10.0 Å². The number of carbonyl (C=O) groups excluding carboxylic acids is 2. The van der Waals surface area contributed by atoms with Gasteiger partial charge in [0.15, 0.2) is 6.61 Å². The largest absolute Gasteiger partial charge is 0.455 e. The molecule has 9 heteroatoms. The summed E-state index contributed by atoms with van der Waals surface area (Å²) in [4.78, 5) is 23.8. The minimum Gasteiger partial charge on any atom is -0.455 e. The van der Waals surface area contributed by atoms with E-state index in [9.17, 15) is 22.4 Å². The summed E-state index contributed by atoms with van der Waals surface area (Å²) in [5, 5.41) is 2.71. The molecule has 0 unspecified atom stereocenters. The Hall–Kier alpha value is -2.00. The molecule has 1 heterocycles. The van der Waals surface area contributed by atoms with E-state index >= 15 is 0 Å². The van der Waals surface area contributed by atoms with Crippen molar-refractivity contribution in [2.45, 2.75) is 44.0 Å². The van der Waals surface area contributed by atoms with Gasteiger partial charge in [0.1, 0.15) is 5.82 Å². The van der Waals surface area contributed by atoms with Crippen LogP contribution >= 0.6 is 0 Å². The molecule has 2 rings (SSSR count). The maximum Gasteiger partial charge on any atom is 0.309 e. The van der Waals surface area contributed by atoms with Gasteiger partial charge in [-0.05, 0) is 50.5 Å². The topological polar surface area (TPSA) is 92.8 Å². The molecule has 0 aromatic heterocycles. The van der Waals surface area contributed by atoms with Crippen molar-refractivity contribution in [2.75, 3.05) is 19.7 Å². The molecule has 1 aliphatic heterocycles. The second-order valence-electron chi connectivity index (χ2n) is 6.62. The Morgan fingerprint density at radius 1 is 1.26 bits per heavy atom. The lowest BCUT2D eigenvalue weighted by Gasteiger charge is -2.30. The van der Waals surface area contributed by atoms with Crippen LogP contribution in [0.25, 0.3) is 0 Å². The Labute approximate surface area is 158 Å². The van der Waals surface area contributed by atoms with Crippen molar-refractivity contribution >= 4 is 21.9 Å². The van der Waals surface area contributed by atoms with E-state index in [1.54, 1.807) is 0 Å². The van der Waals surface area contributed by atoms with Gasteiger partial charge in [0, 0.05) is 19.1 Å². The molecule has 1 aliphatic rings. The zero-order chi connectivity index (χ0) is 20.0. The Morgan fingerprint density at radius 3 is 2.41 bits per heavy atom. The van der Waals surface area contributed by atoms with Gasteiger partial charge in [0.05, 0.1) is 10.8 Å². The van der Waals surface area contributed by atoms with Crippen LogP contribution < -0.4 is 5.32 Å². The van der Waals surface area contributed by atoms with Crippen molar-refractivity contribution in [3.63, 3.8) is 0 Å². The zero-order valence-corrected chi connectivity index (χ0v) is 16.3. The molecule has 150 valence electrons. The molecule has 0 bridgehead atoms. The van der Waals surface area contributed by atoms with Crippen LogP contribution in [0.3, 0.4) is 0 Å². The molecular formula is C18H25FN2O5S. The number of esters is 1. The molecule has 0 radical (unpaired) electrons. The number of hydrogen-bond donors (Lipinski definition) is 1. The van der Waals surface area contributed by atoms with Crippen molar-refractivity contribution in [3.8, 4) is 0 Å². The van der Waals surface area contributed by atoms with Crippen LogP contribution in [-0.2, 0) is 24.3 Å². The fourth-order valence-electron chi connectivity index (χ4n) is 2.76. The van der Waals surface area contributed by atoms with Crippen molar-refractivity contribution in [1.82, 2.24) is 9.62 Å². The zero-order valence-electron chi connectivity index (χ0n) is 15.5. The number of benzene rings is 1. The molecule has 1 saturated heterocycles. The molecule has 7 nitrogen and oxygen atoms in total. The van der Waals surface area contributed by atoms with Crippen molar-refractivity contribution in [3.05, 3.63) is 30.1 Å². The maximum absolute atomic E-state index is 13.0. The minimum atomic E-state index is -3.72. The van der Waals surface area contributed by atoms with Crippen LogP contribution in [0.1, 0.15) is 33.1 Å². The third-order valence-corrected chi connectivity index (χ3v) is 6.52. The predicted molar refractivity (Wildman–Crippen MR) is 96.7 cm³/mol. The second-order valence-corrected chi connectivity index (χ2v) is 8.55. The van der Waals surface area contributed by atoms with Gasteiger partial charge in [-0.15, -0.1) is 0 Å². The summed E-state index contributed by atoms with van der Waals surface area (Å²) >= 11 is 0. The van der Waals surface area contributed by atoms with Gasteiger partial charge in [-0.2, -0.15) is 4.31 Å². The fourth-order valence-corrected chi connectivity index (χ4v) is 4.23. The number of carbonyl (C=O) groups is 2. The number of rotatable bonds is 7. The van der Waals surface area contributed by atoms with Gasteiger partial charge in [-0.25, -0.2) is 12.8 Å². The quantitative estimate of drug-likeness (QED) is 0.703. The Balaban J connectivity index is 1.84. The van der Waals surface area contributed by atoms with Crippen molar-refractivity contribution in [1.29, 1.82) is 0 Å². The fraction of sp³-hybridized carbons (Fsp3) is 0.556. The monoisotopic (exact) mass is 400 g/mol. The summed E-state index contributed by atoms with van der Waals surface area (Å²) in [5.74, 6) is -1.80. The summed E-state index contributed by atoms with van der Waals surface area (Å²) in [6, 6.07) is 4.65. The second kappa shape index (κ2) is 9.27. The van der Waals surface area contributed by atoms with Crippen molar-refractivity contribution in [2.24, 2.45) is 5.92 Å². The first-order valence-electron chi connectivity index (χ1n) is 8.95. The van der Waals surface area contributed by atoms with Gasteiger partial charge in [0.25, 0.3) is 5.91 Å². The van der Waals surface area contributed by atoms with E-state index in [0.717, 1.165) is 18.6 Å². The number of halogens is 1. The first kappa shape index (κ1) is 21.3. The van der Waals surface area contributed by atoms with Crippen LogP contribution in [0.4, 0.5) is 4.39 Å². The molecule has 1 N–H and O–H groups in total. The van der Waals surface area contributed by atoms with E-state index in [1.165, 1.54) is 16.4 Å². The molecule has 27 heavy (non-hydrogen) atoms.